The molecule has 2 heteroatoms. The summed E-state index contributed by atoms with van der Waals surface area (Å²) in [5, 5.41) is 20.3. The van der Waals surface area contributed by atoms with Crippen molar-refractivity contribution in [2.45, 2.75) is 79.2 Å². The largest absolute Gasteiger partial charge is 0.392 e. The fraction of sp³-hybridized carbons (Fsp3) is 0.810. The van der Waals surface area contributed by atoms with Crippen molar-refractivity contribution < 1.29 is 10.2 Å². The summed E-state index contributed by atoms with van der Waals surface area (Å²) >= 11 is 0. The van der Waals surface area contributed by atoms with Crippen molar-refractivity contribution in [1.82, 2.24) is 0 Å². The molecule has 2 rings (SSSR count). The summed E-state index contributed by atoms with van der Waals surface area (Å²) in [7, 11) is 0. The smallest absolute Gasteiger partial charge is 0.0690 e. The molecule has 1 unspecified atom stereocenters. The van der Waals surface area contributed by atoms with Crippen molar-refractivity contribution in [2.75, 3.05) is 6.61 Å². The fourth-order valence-electron chi connectivity index (χ4n) is 6.18. The van der Waals surface area contributed by atoms with Crippen LogP contribution in [0, 0.1) is 22.7 Å². The lowest BCUT2D eigenvalue weighted by Crippen LogP contribution is -2.57. The van der Waals surface area contributed by atoms with Crippen LogP contribution in [0.15, 0.2) is 23.3 Å². The van der Waals surface area contributed by atoms with Crippen molar-refractivity contribution in [3.8, 4) is 0 Å². The first-order valence-electron chi connectivity index (χ1n) is 9.23. The second-order valence-corrected chi connectivity index (χ2v) is 9.25. The Bertz CT molecular complexity index is 498. The predicted octanol–water partition coefficient (Wildman–Crippen LogP) is 4.86. The van der Waals surface area contributed by atoms with E-state index in [-0.39, 0.29) is 17.9 Å². The molecule has 4 atom stereocenters. The van der Waals surface area contributed by atoms with Crippen LogP contribution in [0.25, 0.3) is 0 Å². The zero-order valence-corrected chi connectivity index (χ0v) is 15.9. The number of aliphatic hydroxyl groups excluding tert-OH is 1. The molecule has 0 spiro atoms. The van der Waals surface area contributed by atoms with Gasteiger partial charge < -0.3 is 10.2 Å². The molecule has 0 saturated heterocycles. The lowest BCUT2D eigenvalue weighted by molar-refractivity contribution is -0.153. The molecule has 0 bridgehead atoms. The molecule has 0 radical (unpaired) electrons. The number of rotatable bonds is 3. The quantitative estimate of drug-likeness (QED) is 0.729. The van der Waals surface area contributed by atoms with Crippen molar-refractivity contribution >= 4 is 0 Å². The van der Waals surface area contributed by atoms with E-state index in [0.29, 0.717) is 11.3 Å². The van der Waals surface area contributed by atoms with Gasteiger partial charge in [-0.3, -0.25) is 0 Å². The lowest BCUT2D eigenvalue weighted by atomic mass is 9.44. The maximum absolute atomic E-state index is 11.2. The molecule has 0 amide bonds. The molecule has 2 fully saturated rings. The second-order valence-electron chi connectivity index (χ2n) is 9.25. The average molecular weight is 321 g/mol. The van der Waals surface area contributed by atoms with E-state index in [1.165, 1.54) is 24.8 Å². The first-order valence-corrected chi connectivity index (χ1v) is 9.23. The molecule has 2 saturated carbocycles. The molecular weight excluding hydrogens is 284 g/mol. The third kappa shape index (κ3) is 3.44. The van der Waals surface area contributed by atoms with Gasteiger partial charge in [0.15, 0.2) is 0 Å². The maximum Gasteiger partial charge on any atom is 0.0690 e. The Morgan fingerprint density at radius 3 is 2.35 bits per heavy atom. The highest BCUT2D eigenvalue weighted by atomic mass is 16.3. The highest BCUT2D eigenvalue weighted by molar-refractivity contribution is 5.27. The first-order chi connectivity index (χ1) is 10.5. The minimum atomic E-state index is -0.640. The van der Waals surface area contributed by atoms with Gasteiger partial charge in [0.1, 0.15) is 0 Å². The van der Waals surface area contributed by atoms with Gasteiger partial charge in [0.2, 0.25) is 0 Å². The molecule has 23 heavy (non-hydrogen) atoms. The van der Waals surface area contributed by atoms with E-state index < -0.39 is 5.60 Å². The monoisotopic (exact) mass is 320 g/mol. The van der Waals surface area contributed by atoms with Crippen LogP contribution in [0.3, 0.4) is 0 Å². The van der Waals surface area contributed by atoms with Gasteiger partial charge in [-0.1, -0.05) is 50.5 Å². The van der Waals surface area contributed by atoms with E-state index in [2.05, 4.69) is 33.8 Å². The van der Waals surface area contributed by atoms with Crippen LogP contribution >= 0.6 is 0 Å². The van der Waals surface area contributed by atoms with Gasteiger partial charge in [-0.25, -0.2) is 0 Å². The van der Waals surface area contributed by atoms with E-state index in [9.17, 15) is 5.11 Å². The third-order valence-electron chi connectivity index (χ3n) is 6.82. The van der Waals surface area contributed by atoms with Crippen molar-refractivity contribution in [3.63, 3.8) is 0 Å². The lowest BCUT2D eigenvalue weighted by Gasteiger charge is -2.61. The minimum absolute atomic E-state index is 0.0730. The molecule has 0 aliphatic heterocycles. The predicted molar refractivity (Wildman–Crippen MR) is 97.2 cm³/mol. The number of hydrogen-bond donors (Lipinski definition) is 2. The van der Waals surface area contributed by atoms with Gasteiger partial charge in [-0.15, -0.1) is 0 Å². The van der Waals surface area contributed by atoms with Crippen LogP contribution in [0.5, 0.6) is 0 Å². The van der Waals surface area contributed by atoms with E-state index in [1.54, 1.807) is 0 Å². The van der Waals surface area contributed by atoms with Gasteiger partial charge in [-0.2, -0.15) is 0 Å². The Labute approximate surface area is 142 Å². The van der Waals surface area contributed by atoms with E-state index in [1.807, 2.05) is 19.9 Å². The van der Waals surface area contributed by atoms with Crippen LogP contribution in [0.4, 0.5) is 0 Å². The topological polar surface area (TPSA) is 40.5 Å². The Kier molecular flexibility index (Phi) is 5.19. The molecule has 2 aliphatic carbocycles. The molecule has 0 aromatic carbocycles. The highest BCUT2D eigenvalue weighted by Gasteiger charge is 2.58. The third-order valence-corrected chi connectivity index (χ3v) is 6.82. The zero-order chi connectivity index (χ0) is 17.5. The summed E-state index contributed by atoms with van der Waals surface area (Å²) in [6, 6.07) is 0. The van der Waals surface area contributed by atoms with E-state index in [4.69, 9.17) is 5.11 Å². The van der Waals surface area contributed by atoms with Gasteiger partial charge in [0, 0.05) is 5.92 Å². The molecule has 2 aliphatic rings. The summed E-state index contributed by atoms with van der Waals surface area (Å²) in [5.74, 6) is 0.856. The Morgan fingerprint density at radius 2 is 1.74 bits per heavy atom. The number of fused-ring (bicyclic) bond motifs is 1. The van der Waals surface area contributed by atoms with Crippen molar-refractivity contribution in [3.05, 3.63) is 23.3 Å². The Morgan fingerprint density at radius 1 is 1.09 bits per heavy atom. The fourth-order valence-corrected chi connectivity index (χ4v) is 6.18. The van der Waals surface area contributed by atoms with Crippen LogP contribution in [-0.2, 0) is 0 Å². The molecular formula is C21H36O2. The van der Waals surface area contributed by atoms with E-state index in [0.717, 1.165) is 18.4 Å². The standard InChI is InChI=1S/C21H36O2/c1-15(9-13-22)14-16(2)18-20(5)11-7-10-19(3,4)17(20)8-12-21(18,6)23/h9,14,17-18,22-23H,7-8,10-13H2,1-6H3/t17?,18-,20+,21-/m1/s1. The molecule has 2 N–H and O–H groups in total. The normalized spacial score (nSPS) is 41.6. The number of allylic oxidation sites excluding steroid dienone is 2. The summed E-state index contributed by atoms with van der Waals surface area (Å²) in [6.07, 6.45) is 9.78. The van der Waals surface area contributed by atoms with Gasteiger partial charge in [-0.05, 0) is 63.2 Å². The molecule has 132 valence electrons. The molecule has 0 aromatic rings. The molecule has 2 nitrogen and oxygen atoms in total. The van der Waals surface area contributed by atoms with Crippen LogP contribution in [0.2, 0.25) is 0 Å². The maximum atomic E-state index is 11.2. The Balaban J connectivity index is 2.46. The van der Waals surface area contributed by atoms with Crippen molar-refractivity contribution in [1.29, 1.82) is 0 Å². The van der Waals surface area contributed by atoms with Crippen LogP contribution in [-0.4, -0.2) is 22.4 Å². The first kappa shape index (κ1) is 18.7. The average Bonchev–Trinajstić information content (AvgIpc) is 2.35. The number of hydrogen-bond acceptors (Lipinski definition) is 2. The van der Waals surface area contributed by atoms with Gasteiger partial charge in [0.25, 0.3) is 0 Å². The molecule has 0 aromatic heterocycles. The summed E-state index contributed by atoms with van der Waals surface area (Å²) < 4.78 is 0. The van der Waals surface area contributed by atoms with Gasteiger partial charge in [0.05, 0.1) is 12.2 Å². The summed E-state index contributed by atoms with van der Waals surface area (Å²) in [6.45, 7) is 13.6. The second kappa shape index (κ2) is 6.37. The zero-order valence-electron chi connectivity index (χ0n) is 15.9. The van der Waals surface area contributed by atoms with Crippen molar-refractivity contribution in [2.24, 2.45) is 22.7 Å². The minimum Gasteiger partial charge on any atom is -0.392 e. The van der Waals surface area contributed by atoms with Crippen LogP contribution in [0.1, 0.15) is 73.6 Å². The SMILES string of the molecule is CC(=CCO)C=C(C)[C@@H]1[C@@]2(C)CCCC(C)(C)C2CC[C@@]1(C)O. The summed E-state index contributed by atoms with van der Waals surface area (Å²) in [5.41, 5.74) is 2.23. The Hall–Kier alpha value is -0.600. The number of aliphatic hydroxyl groups is 2. The van der Waals surface area contributed by atoms with Gasteiger partial charge >= 0.3 is 0 Å². The molecule has 0 heterocycles. The van der Waals surface area contributed by atoms with E-state index >= 15 is 0 Å². The van der Waals surface area contributed by atoms with Crippen LogP contribution < -0.4 is 0 Å². The highest BCUT2D eigenvalue weighted by Crippen LogP contribution is 2.63. The summed E-state index contributed by atoms with van der Waals surface area (Å²) in [4.78, 5) is 0.